The van der Waals surface area contributed by atoms with Gasteiger partial charge in [-0.15, -0.1) is 0 Å². The van der Waals surface area contributed by atoms with E-state index in [2.05, 4.69) is 0 Å². The van der Waals surface area contributed by atoms with Crippen molar-refractivity contribution in [3.63, 3.8) is 0 Å². The third kappa shape index (κ3) is 2.26. The van der Waals surface area contributed by atoms with E-state index >= 15 is 0 Å². The van der Waals surface area contributed by atoms with E-state index in [0.717, 1.165) is 0 Å². The molecule has 0 fully saturated rings. The highest BCUT2D eigenvalue weighted by Gasteiger charge is 2.43. The predicted molar refractivity (Wildman–Crippen MR) is 65.3 cm³/mol. The van der Waals surface area contributed by atoms with Gasteiger partial charge in [0.2, 0.25) is 5.72 Å². The normalized spacial score (nSPS) is 23.3. The molecule has 1 heterocycles. The molecule has 0 spiro atoms. The summed E-state index contributed by atoms with van der Waals surface area (Å²) in [4.78, 5) is 11.7. The van der Waals surface area contributed by atoms with Gasteiger partial charge in [0.15, 0.2) is 11.5 Å². The van der Waals surface area contributed by atoms with Gasteiger partial charge >= 0.3 is 5.97 Å². The summed E-state index contributed by atoms with van der Waals surface area (Å²) in [5, 5.41) is 0. The number of esters is 1. The van der Waals surface area contributed by atoms with Crippen LogP contribution in [0.25, 0.3) is 0 Å². The van der Waals surface area contributed by atoms with Crippen LogP contribution in [0.3, 0.4) is 0 Å². The molecule has 5 nitrogen and oxygen atoms in total. The Bertz CT molecular complexity index is 448. The lowest BCUT2D eigenvalue weighted by Crippen LogP contribution is -2.60. The van der Waals surface area contributed by atoms with Crippen molar-refractivity contribution < 1.29 is 19.0 Å². The van der Waals surface area contributed by atoms with E-state index in [1.165, 1.54) is 0 Å². The largest absolute Gasteiger partial charge is 0.484 e. The average molecular weight is 251 g/mol. The number of hydrogen-bond donors (Lipinski definition) is 1. The number of rotatable bonds is 3. The lowest BCUT2D eigenvalue weighted by atomic mass is 9.98. The molecule has 0 aliphatic carbocycles. The summed E-state index contributed by atoms with van der Waals surface area (Å²) in [6, 6.07) is 7.22. The van der Waals surface area contributed by atoms with Crippen LogP contribution in [0, 0.1) is 5.92 Å². The molecule has 2 unspecified atom stereocenters. The van der Waals surface area contributed by atoms with Gasteiger partial charge in [-0.1, -0.05) is 12.1 Å². The molecule has 0 bridgehead atoms. The molecule has 0 saturated carbocycles. The van der Waals surface area contributed by atoms with Crippen LogP contribution in [0.5, 0.6) is 11.5 Å². The topological polar surface area (TPSA) is 70.8 Å². The Morgan fingerprint density at radius 2 is 2.17 bits per heavy atom. The first-order chi connectivity index (χ1) is 8.57. The minimum absolute atomic E-state index is 0.115. The van der Waals surface area contributed by atoms with Crippen molar-refractivity contribution in [3.05, 3.63) is 24.3 Å². The summed E-state index contributed by atoms with van der Waals surface area (Å²) in [6.45, 7) is 3.86. The van der Waals surface area contributed by atoms with Crippen molar-refractivity contribution in [1.29, 1.82) is 0 Å². The van der Waals surface area contributed by atoms with Gasteiger partial charge < -0.3 is 14.2 Å². The van der Waals surface area contributed by atoms with Crippen LogP contribution in [-0.4, -0.2) is 24.9 Å². The van der Waals surface area contributed by atoms with Crippen molar-refractivity contribution >= 4 is 5.97 Å². The molecular formula is C13H17NO4. The summed E-state index contributed by atoms with van der Waals surface area (Å²) in [5.74, 6) is 0.186. The summed E-state index contributed by atoms with van der Waals surface area (Å²) in [7, 11) is 0. The van der Waals surface area contributed by atoms with E-state index < -0.39 is 11.6 Å². The summed E-state index contributed by atoms with van der Waals surface area (Å²) >= 11 is 0. The van der Waals surface area contributed by atoms with Gasteiger partial charge in [0.1, 0.15) is 12.5 Å². The third-order valence-corrected chi connectivity index (χ3v) is 2.98. The average Bonchev–Trinajstić information content (AvgIpc) is 2.38. The zero-order valence-corrected chi connectivity index (χ0v) is 10.5. The van der Waals surface area contributed by atoms with Crippen LogP contribution in [0.15, 0.2) is 24.3 Å². The van der Waals surface area contributed by atoms with E-state index in [-0.39, 0.29) is 12.6 Å². The Labute approximate surface area is 106 Å². The lowest BCUT2D eigenvalue weighted by molar-refractivity contribution is -0.158. The van der Waals surface area contributed by atoms with Gasteiger partial charge in [-0.2, -0.15) is 0 Å². The van der Waals surface area contributed by atoms with E-state index in [1.807, 2.05) is 12.1 Å². The summed E-state index contributed by atoms with van der Waals surface area (Å²) < 4.78 is 16.2. The van der Waals surface area contributed by atoms with Crippen molar-refractivity contribution in [2.75, 3.05) is 13.2 Å². The predicted octanol–water partition coefficient (Wildman–Crippen LogP) is 1.31. The first-order valence-corrected chi connectivity index (χ1v) is 5.93. The van der Waals surface area contributed by atoms with E-state index in [1.54, 1.807) is 26.0 Å². The minimum Gasteiger partial charge on any atom is -0.484 e. The van der Waals surface area contributed by atoms with Gasteiger partial charge in [-0.25, -0.2) is 0 Å². The summed E-state index contributed by atoms with van der Waals surface area (Å²) in [5.41, 5.74) is 4.91. The van der Waals surface area contributed by atoms with Crippen LogP contribution in [0.1, 0.15) is 13.8 Å². The number of benzene rings is 1. The first-order valence-electron chi connectivity index (χ1n) is 5.93. The fourth-order valence-corrected chi connectivity index (χ4v) is 1.76. The highest BCUT2D eigenvalue weighted by molar-refractivity contribution is 5.73. The number of fused-ring (bicyclic) bond motifs is 1. The monoisotopic (exact) mass is 251 g/mol. The molecule has 2 N–H and O–H groups in total. The first kappa shape index (κ1) is 12.7. The highest BCUT2D eigenvalue weighted by Crippen LogP contribution is 2.35. The van der Waals surface area contributed by atoms with E-state index in [4.69, 9.17) is 19.9 Å². The Kier molecular flexibility index (Phi) is 3.43. The van der Waals surface area contributed by atoms with Crippen LogP contribution >= 0.6 is 0 Å². The highest BCUT2D eigenvalue weighted by atomic mass is 16.6. The number of carbonyl (C=O) groups is 1. The molecule has 1 aromatic carbocycles. The van der Waals surface area contributed by atoms with Gasteiger partial charge in [-0.3, -0.25) is 10.5 Å². The molecule has 5 heteroatoms. The molecule has 0 saturated heterocycles. The molecule has 98 valence electrons. The molecule has 1 aromatic rings. The molecule has 2 atom stereocenters. The maximum Gasteiger partial charge on any atom is 0.314 e. The fraction of sp³-hybridized carbons (Fsp3) is 0.462. The maximum atomic E-state index is 11.7. The molecular weight excluding hydrogens is 234 g/mol. The standard InChI is InChI=1S/C13H17NO4/c1-3-16-12(15)9(2)13(14)8-17-10-6-4-5-7-11(10)18-13/h4-7,9H,3,8,14H2,1-2H3. The van der Waals surface area contributed by atoms with Gasteiger partial charge in [0.05, 0.1) is 6.61 Å². The van der Waals surface area contributed by atoms with E-state index in [9.17, 15) is 4.79 Å². The quantitative estimate of drug-likeness (QED) is 0.820. The Hall–Kier alpha value is -1.75. The third-order valence-electron chi connectivity index (χ3n) is 2.98. The van der Waals surface area contributed by atoms with Crippen LogP contribution in [0.2, 0.25) is 0 Å². The van der Waals surface area contributed by atoms with Crippen LogP contribution in [0.4, 0.5) is 0 Å². The lowest BCUT2D eigenvalue weighted by Gasteiger charge is -2.38. The molecule has 2 rings (SSSR count). The fourth-order valence-electron chi connectivity index (χ4n) is 1.76. The minimum atomic E-state index is -1.19. The zero-order chi connectivity index (χ0) is 13.2. The molecule has 0 amide bonds. The number of carbonyl (C=O) groups excluding carboxylic acids is 1. The van der Waals surface area contributed by atoms with Gasteiger partial charge in [0, 0.05) is 0 Å². The van der Waals surface area contributed by atoms with Crippen molar-refractivity contribution in [2.24, 2.45) is 11.7 Å². The van der Waals surface area contributed by atoms with E-state index in [0.29, 0.717) is 18.1 Å². The van der Waals surface area contributed by atoms with Crippen molar-refractivity contribution in [2.45, 2.75) is 19.6 Å². The second kappa shape index (κ2) is 4.86. The van der Waals surface area contributed by atoms with Crippen molar-refractivity contribution in [3.8, 4) is 11.5 Å². The molecule has 1 aliphatic rings. The maximum absolute atomic E-state index is 11.7. The molecule has 1 aliphatic heterocycles. The Balaban J connectivity index is 2.17. The molecule has 0 radical (unpaired) electrons. The number of hydrogen-bond acceptors (Lipinski definition) is 5. The number of para-hydroxylation sites is 2. The summed E-state index contributed by atoms with van der Waals surface area (Å²) in [6.07, 6.45) is 0. The number of nitrogens with two attached hydrogens (primary N) is 1. The van der Waals surface area contributed by atoms with Crippen molar-refractivity contribution in [1.82, 2.24) is 0 Å². The van der Waals surface area contributed by atoms with Crippen LogP contribution in [-0.2, 0) is 9.53 Å². The Morgan fingerprint density at radius 1 is 1.50 bits per heavy atom. The molecule has 0 aromatic heterocycles. The molecule has 18 heavy (non-hydrogen) atoms. The Morgan fingerprint density at radius 3 is 2.83 bits per heavy atom. The van der Waals surface area contributed by atoms with Gasteiger partial charge in [-0.05, 0) is 26.0 Å². The van der Waals surface area contributed by atoms with Crippen LogP contribution < -0.4 is 15.2 Å². The SMILES string of the molecule is CCOC(=O)C(C)C1(N)COc2ccccc2O1. The smallest absolute Gasteiger partial charge is 0.314 e. The zero-order valence-electron chi connectivity index (χ0n) is 10.5. The number of ether oxygens (including phenoxy) is 3. The second-order valence-corrected chi connectivity index (χ2v) is 4.27. The van der Waals surface area contributed by atoms with Gasteiger partial charge in [0.25, 0.3) is 0 Å². The second-order valence-electron chi connectivity index (χ2n) is 4.27.